The Morgan fingerprint density at radius 3 is 2.67 bits per heavy atom. The van der Waals surface area contributed by atoms with E-state index in [0.29, 0.717) is 21.4 Å². The number of nitrogens with zero attached hydrogens (tertiary/aromatic N) is 1. The van der Waals surface area contributed by atoms with Crippen LogP contribution in [0.15, 0.2) is 41.3 Å². The Balaban J connectivity index is 1.73. The van der Waals surface area contributed by atoms with Crippen molar-refractivity contribution in [3.63, 3.8) is 0 Å². The van der Waals surface area contributed by atoms with Gasteiger partial charge in [-0.15, -0.1) is 0 Å². The van der Waals surface area contributed by atoms with Gasteiger partial charge in [0.1, 0.15) is 16.6 Å². The molecule has 2 amide bonds. The van der Waals surface area contributed by atoms with Gasteiger partial charge in [-0.05, 0) is 42.0 Å². The minimum absolute atomic E-state index is 0.133. The van der Waals surface area contributed by atoms with Crippen LogP contribution in [0.1, 0.15) is 5.56 Å². The maximum atomic E-state index is 12.7. The van der Waals surface area contributed by atoms with E-state index in [2.05, 4.69) is 5.32 Å². The van der Waals surface area contributed by atoms with E-state index in [9.17, 15) is 14.7 Å². The zero-order chi connectivity index (χ0) is 21.8. The second-order valence-electron chi connectivity index (χ2n) is 6.09. The third-order valence-corrected chi connectivity index (χ3v) is 5.73. The van der Waals surface area contributed by atoms with Crippen molar-refractivity contribution in [3.8, 4) is 17.2 Å². The van der Waals surface area contributed by atoms with Gasteiger partial charge in [-0.2, -0.15) is 0 Å². The van der Waals surface area contributed by atoms with Crippen LogP contribution in [0, 0.1) is 0 Å². The largest absolute Gasteiger partial charge is 0.506 e. The third kappa shape index (κ3) is 4.86. The van der Waals surface area contributed by atoms with Gasteiger partial charge in [0.15, 0.2) is 11.5 Å². The topological polar surface area (TPSA) is 88.1 Å². The average molecular weight is 465 g/mol. The summed E-state index contributed by atoms with van der Waals surface area (Å²) in [5.74, 6) is 0.0681. The number of thioether (sulfide) groups is 1. The molecule has 0 aliphatic carbocycles. The zero-order valence-electron chi connectivity index (χ0n) is 16.0. The van der Waals surface area contributed by atoms with Gasteiger partial charge in [-0.1, -0.05) is 41.6 Å². The first-order valence-corrected chi connectivity index (χ1v) is 10.2. The smallest absolute Gasteiger partial charge is 0.266 e. The monoisotopic (exact) mass is 464 g/mol. The van der Waals surface area contributed by atoms with Crippen LogP contribution < -0.4 is 14.8 Å². The summed E-state index contributed by atoms with van der Waals surface area (Å²) in [7, 11) is 3.06. The number of hydrogen-bond acceptors (Lipinski definition) is 7. The Bertz CT molecular complexity index is 1060. The molecule has 2 aromatic rings. The molecule has 0 spiro atoms. The first-order chi connectivity index (χ1) is 14.3. The van der Waals surface area contributed by atoms with Crippen LogP contribution in [-0.4, -0.2) is 46.9 Å². The van der Waals surface area contributed by atoms with Crippen molar-refractivity contribution in [2.45, 2.75) is 0 Å². The van der Waals surface area contributed by atoms with Crippen molar-refractivity contribution in [2.75, 3.05) is 26.1 Å². The van der Waals surface area contributed by atoms with Gasteiger partial charge in [0.2, 0.25) is 5.91 Å². The lowest BCUT2D eigenvalue weighted by molar-refractivity contribution is -0.126. The molecule has 0 radical (unpaired) electrons. The van der Waals surface area contributed by atoms with Gasteiger partial charge in [-0.3, -0.25) is 14.5 Å². The summed E-state index contributed by atoms with van der Waals surface area (Å²) in [5.41, 5.74) is 0.875. The molecule has 0 unspecified atom stereocenters. The standard InChI is InChI=1S/C20H17ClN2O5S2/c1-27-15-6-3-11(7-16(15)28-2)8-17-19(26)23(20(29)30-17)10-18(25)22-13-9-12(21)4-5-14(13)24/h3-9,24H,10H2,1-2H3,(H,22,25)/b17-8-. The van der Waals surface area contributed by atoms with Crippen molar-refractivity contribution >= 4 is 63.5 Å². The van der Waals surface area contributed by atoms with Crippen molar-refractivity contribution in [1.29, 1.82) is 0 Å². The summed E-state index contributed by atoms with van der Waals surface area (Å²) in [6.07, 6.45) is 1.67. The number of benzene rings is 2. The van der Waals surface area contributed by atoms with Gasteiger partial charge in [-0.25, -0.2) is 0 Å². The van der Waals surface area contributed by atoms with E-state index in [-0.39, 0.29) is 28.2 Å². The van der Waals surface area contributed by atoms with E-state index in [1.165, 1.54) is 37.3 Å². The Kier molecular flexibility index (Phi) is 6.86. The number of rotatable bonds is 6. The van der Waals surface area contributed by atoms with Gasteiger partial charge in [0.05, 0.1) is 24.8 Å². The summed E-state index contributed by atoms with van der Waals surface area (Å²) in [6.45, 7) is -0.292. The number of carbonyl (C=O) groups excluding carboxylic acids is 2. The second-order valence-corrected chi connectivity index (χ2v) is 8.20. The quantitative estimate of drug-likeness (QED) is 0.380. The maximum absolute atomic E-state index is 12.7. The van der Waals surface area contributed by atoms with Crippen LogP contribution in [0.5, 0.6) is 17.2 Å². The number of hydrogen-bond donors (Lipinski definition) is 2. The predicted molar refractivity (Wildman–Crippen MR) is 121 cm³/mol. The van der Waals surface area contributed by atoms with Gasteiger partial charge < -0.3 is 19.9 Å². The lowest BCUT2D eigenvalue weighted by atomic mass is 10.2. The molecular formula is C20H17ClN2O5S2. The molecule has 0 saturated carbocycles. The minimum atomic E-state index is -0.517. The number of anilines is 1. The Morgan fingerprint density at radius 2 is 1.97 bits per heavy atom. The molecule has 3 rings (SSSR count). The van der Waals surface area contributed by atoms with E-state index in [1.54, 1.807) is 24.3 Å². The Hall–Kier alpha value is -2.75. The molecule has 2 aromatic carbocycles. The average Bonchev–Trinajstić information content (AvgIpc) is 2.98. The zero-order valence-corrected chi connectivity index (χ0v) is 18.4. The molecule has 1 saturated heterocycles. The summed E-state index contributed by atoms with van der Waals surface area (Å²) in [4.78, 5) is 26.7. The number of phenols is 1. The number of thiocarbonyl (C=S) groups is 1. The number of phenolic OH excluding ortho intramolecular Hbond substituents is 1. The van der Waals surface area contributed by atoms with E-state index in [4.69, 9.17) is 33.3 Å². The lowest BCUT2D eigenvalue weighted by Crippen LogP contribution is -2.36. The predicted octanol–water partition coefficient (Wildman–Crippen LogP) is 3.90. The van der Waals surface area contributed by atoms with E-state index in [0.717, 1.165) is 17.3 Å². The molecule has 7 nitrogen and oxygen atoms in total. The fourth-order valence-corrected chi connectivity index (χ4v) is 4.10. The van der Waals surface area contributed by atoms with Crippen LogP contribution in [-0.2, 0) is 9.59 Å². The molecule has 1 aliphatic rings. The number of methoxy groups -OCH3 is 2. The summed E-state index contributed by atoms with van der Waals surface area (Å²) >= 11 is 12.2. The lowest BCUT2D eigenvalue weighted by Gasteiger charge is -2.14. The van der Waals surface area contributed by atoms with E-state index < -0.39 is 5.91 Å². The van der Waals surface area contributed by atoms with Crippen LogP contribution in [0.2, 0.25) is 5.02 Å². The molecule has 0 aromatic heterocycles. The van der Waals surface area contributed by atoms with Gasteiger partial charge in [0.25, 0.3) is 5.91 Å². The summed E-state index contributed by atoms with van der Waals surface area (Å²) in [6, 6.07) is 9.52. The highest BCUT2D eigenvalue weighted by Crippen LogP contribution is 2.35. The van der Waals surface area contributed by atoms with Gasteiger partial charge >= 0.3 is 0 Å². The molecule has 10 heteroatoms. The highest BCUT2D eigenvalue weighted by atomic mass is 35.5. The fourth-order valence-electron chi connectivity index (χ4n) is 2.67. The van der Waals surface area contributed by atoms with E-state index >= 15 is 0 Å². The SMILES string of the molecule is COc1ccc(/C=C2\SC(=S)N(CC(=O)Nc3cc(Cl)ccc3O)C2=O)cc1OC. The molecular weight excluding hydrogens is 448 g/mol. The van der Waals surface area contributed by atoms with Crippen molar-refractivity contribution in [2.24, 2.45) is 0 Å². The Morgan fingerprint density at radius 1 is 1.23 bits per heavy atom. The number of amides is 2. The number of halogens is 1. The van der Waals surface area contributed by atoms with Crippen LogP contribution in [0.25, 0.3) is 6.08 Å². The minimum Gasteiger partial charge on any atom is -0.506 e. The van der Waals surface area contributed by atoms with Crippen molar-refractivity contribution < 1.29 is 24.2 Å². The third-order valence-electron chi connectivity index (χ3n) is 4.11. The van der Waals surface area contributed by atoms with Gasteiger partial charge in [0, 0.05) is 5.02 Å². The molecule has 30 heavy (non-hydrogen) atoms. The summed E-state index contributed by atoms with van der Waals surface area (Å²) < 4.78 is 10.7. The number of nitrogens with one attached hydrogen (secondary N) is 1. The molecule has 0 bridgehead atoms. The first-order valence-electron chi connectivity index (χ1n) is 8.58. The molecule has 0 atom stereocenters. The van der Waals surface area contributed by atoms with Crippen LogP contribution >= 0.6 is 35.6 Å². The summed E-state index contributed by atoms with van der Waals surface area (Å²) in [5, 5.41) is 12.7. The highest BCUT2D eigenvalue weighted by Gasteiger charge is 2.33. The highest BCUT2D eigenvalue weighted by molar-refractivity contribution is 8.26. The van der Waals surface area contributed by atoms with Crippen molar-refractivity contribution in [1.82, 2.24) is 4.90 Å². The normalized spacial score (nSPS) is 14.9. The van der Waals surface area contributed by atoms with Crippen molar-refractivity contribution in [3.05, 3.63) is 51.9 Å². The maximum Gasteiger partial charge on any atom is 0.266 e. The number of aromatic hydroxyl groups is 1. The van der Waals surface area contributed by atoms with E-state index in [1.807, 2.05) is 0 Å². The van der Waals surface area contributed by atoms with Crippen LogP contribution in [0.3, 0.4) is 0 Å². The fraction of sp³-hybridized carbons (Fsp3) is 0.150. The number of carbonyl (C=O) groups is 2. The van der Waals surface area contributed by atoms with Crippen LogP contribution in [0.4, 0.5) is 5.69 Å². The Labute approximate surface area is 187 Å². The molecule has 156 valence electrons. The number of ether oxygens (including phenoxy) is 2. The second kappa shape index (κ2) is 9.38. The molecule has 1 aliphatic heterocycles. The molecule has 1 fully saturated rings. The first kappa shape index (κ1) is 21.9. The molecule has 2 N–H and O–H groups in total. The molecule has 1 heterocycles.